The van der Waals surface area contributed by atoms with Crippen LogP contribution in [-0.4, -0.2) is 5.78 Å². The Morgan fingerprint density at radius 2 is 1.32 bits per heavy atom. The molecule has 0 aromatic heterocycles. The van der Waals surface area contributed by atoms with Crippen molar-refractivity contribution in [1.82, 2.24) is 0 Å². The zero-order valence-electron chi connectivity index (χ0n) is 11.6. The van der Waals surface area contributed by atoms with Gasteiger partial charge in [-0.1, -0.05) is 67.6 Å². The Kier molecular flexibility index (Phi) is 4.16. The zero-order valence-corrected chi connectivity index (χ0v) is 11.6. The molecule has 0 aliphatic rings. The molecule has 19 heavy (non-hydrogen) atoms. The maximum Gasteiger partial charge on any atom is 0.147 e. The fraction of sp³-hybridized carbons (Fsp3) is 0.278. The molecule has 98 valence electrons. The van der Waals surface area contributed by atoms with Gasteiger partial charge in [-0.25, -0.2) is 0 Å². The van der Waals surface area contributed by atoms with Crippen LogP contribution in [0.1, 0.15) is 37.8 Å². The fourth-order valence-corrected chi connectivity index (χ4v) is 2.51. The number of ketones is 1. The van der Waals surface area contributed by atoms with Crippen LogP contribution in [0.2, 0.25) is 0 Å². The van der Waals surface area contributed by atoms with Crippen LogP contribution in [0.5, 0.6) is 0 Å². The van der Waals surface area contributed by atoms with Crippen molar-refractivity contribution in [2.45, 2.75) is 32.1 Å². The third-order valence-electron chi connectivity index (χ3n) is 3.74. The molecule has 0 N–H and O–H groups in total. The molecule has 0 heterocycles. The highest BCUT2D eigenvalue weighted by molar-refractivity contribution is 5.93. The molecule has 0 fully saturated rings. The molecule has 1 nitrogen and oxygen atoms in total. The minimum atomic E-state index is -0.543. The highest BCUT2D eigenvalue weighted by Crippen LogP contribution is 2.34. The number of hydrogen-bond donors (Lipinski definition) is 0. The maximum atomic E-state index is 12.7. The van der Waals surface area contributed by atoms with Gasteiger partial charge in [0, 0.05) is 6.42 Å². The lowest BCUT2D eigenvalue weighted by Gasteiger charge is -2.29. The highest BCUT2D eigenvalue weighted by atomic mass is 16.1. The average Bonchev–Trinajstić information content (AvgIpc) is 2.48. The van der Waals surface area contributed by atoms with Crippen LogP contribution in [0, 0.1) is 0 Å². The standard InChI is InChI=1S/C18H20O/c1-3-10-17(19)18(2,15-11-6-4-7-12-15)16-13-8-5-9-14-16/h4-9,11-14H,3,10H2,1-2H3. The molecule has 2 aromatic rings. The van der Waals surface area contributed by atoms with Crippen LogP contribution in [0.4, 0.5) is 0 Å². The summed E-state index contributed by atoms with van der Waals surface area (Å²) < 4.78 is 0. The van der Waals surface area contributed by atoms with Gasteiger partial charge in [-0.3, -0.25) is 4.79 Å². The lowest BCUT2D eigenvalue weighted by atomic mass is 9.72. The van der Waals surface area contributed by atoms with Crippen LogP contribution in [0.15, 0.2) is 60.7 Å². The van der Waals surface area contributed by atoms with Gasteiger partial charge in [0.05, 0.1) is 5.41 Å². The molecule has 0 radical (unpaired) electrons. The summed E-state index contributed by atoms with van der Waals surface area (Å²) in [5, 5.41) is 0. The summed E-state index contributed by atoms with van der Waals surface area (Å²) in [7, 11) is 0. The van der Waals surface area contributed by atoms with Crippen molar-refractivity contribution >= 4 is 5.78 Å². The van der Waals surface area contributed by atoms with Gasteiger partial charge in [0.15, 0.2) is 0 Å². The van der Waals surface area contributed by atoms with E-state index in [9.17, 15) is 4.79 Å². The lowest BCUT2D eigenvalue weighted by Crippen LogP contribution is -2.33. The van der Waals surface area contributed by atoms with E-state index < -0.39 is 5.41 Å². The van der Waals surface area contributed by atoms with Crippen LogP contribution >= 0.6 is 0 Å². The van der Waals surface area contributed by atoms with Gasteiger partial charge in [-0.15, -0.1) is 0 Å². The molecule has 0 amide bonds. The number of hydrogen-bond acceptors (Lipinski definition) is 1. The summed E-state index contributed by atoms with van der Waals surface area (Å²) >= 11 is 0. The number of rotatable bonds is 5. The van der Waals surface area contributed by atoms with Gasteiger partial charge in [0.2, 0.25) is 0 Å². The molecule has 0 saturated carbocycles. The zero-order chi connectivity index (χ0) is 13.7. The van der Waals surface area contributed by atoms with Gasteiger partial charge in [-0.2, -0.15) is 0 Å². The molecule has 0 bridgehead atoms. The summed E-state index contributed by atoms with van der Waals surface area (Å²) in [6.07, 6.45) is 1.49. The SMILES string of the molecule is CCCC(=O)C(C)(c1ccccc1)c1ccccc1. The molecule has 0 aliphatic heterocycles. The van der Waals surface area contributed by atoms with Crippen molar-refractivity contribution in [3.05, 3.63) is 71.8 Å². The van der Waals surface area contributed by atoms with E-state index in [1.807, 2.05) is 74.5 Å². The molecular formula is C18H20O. The van der Waals surface area contributed by atoms with Crippen LogP contribution in [0.25, 0.3) is 0 Å². The Bertz CT molecular complexity index is 489. The maximum absolute atomic E-state index is 12.7. The molecule has 0 spiro atoms. The van der Waals surface area contributed by atoms with E-state index in [0.717, 1.165) is 17.5 Å². The number of benzene rings is 2. The van der Waals surface area contributed by atoms with E-state index in [1.165, 1.54) is 0 Å². The van der Waals surface area contributed by atoms with E-state index in [1.54, 1.807) is 0 Å². The van der Waals surface area contributed by atoms with Crippen molar-refractivity contribution in [3.8, 4) is 0 Å². The normalized spacial score (nSPS) is 11.3. The molecule has 1 heteroatoms. The average molecular weight is 252 g/mol. The minimum Gasteiger partial charge on any atom is -0.298 e. The first-order chi connectivity index (χ1) is 9.19. The molecule has 0 unspecified atom stereocenters. The Morgan fingerprint density at radius 3 is 1.68 bits per heavy atom. The minimum absolute atomic E-state index is 0.285. The second-order valence-corrected chi connectivity index (χ2v) is 5.03. The number of carbonyl (C=O) groups is 1. The van der Waals surface area contributed by atoms with E-state index in [-0.39, 0.29) is 5.78 Å². The third-order valence-corrected chi connectivity index (χ3v) is 3.74. The summed E-state index contributed by atoms with van der Waals surface area (Å²) in [4.78, 5) is 12.7. The van der Waals surface area contributed by atoms with Gasteiger partial charge < -0.3 is 0 Å². The van der Waals surface area contributed by atoms with Gasteiger partial charge >= 0.3 is 0 Å². The van der Waals surface area contributed by atoms with E-state index in [0.29, 0.717) is 6.42 Å². The number of carbonyl (C=O) groups excluding carboxylic acids is 1. The summed E-state index contributed by atoms with van der Waals surface area (Å²) in [6.45, 7) is 4.09. The van der Waals surface area contributed by atoms with Crippen molar-refractivity contribution in [1.29, 1.82) is 0 Å². The van der Waals surface area contributed by atoms with Crippen molar-refractivity contribution in [2.75, 3.05) is 0 Å². The van der Waals surface area contributed by atoms with Gasteiger partial charge in [0.1, 0.15) is 5.78 Å². The van der Waals surface area contributed by atoms with E-state index >= 15 is 0 Å². The second kappa shape index (κ2) is 5.83. The molecule has 0 atom stereocenters. The Hall–Kier alpha value is -1.89. The summed E-state index contributed by atoms with van der Waals surface area (Å²) in [5.74, 6) is 0.285. The molecule has 2 rings (SSSR count). The molecule has 2 aromatic carbocycles. The molecule has 0 saturated heterocycles. The van der Waals surface area contributed by atoms with Crippen LogP contribution in [-0.2, 0) is 10.2 Å². The first kappa shape index (κ1) is 13.5. The van der Waals surface area contributed by atoms with E-state index in [4.69, 9.17) is 0 Å². The van der Waals surface area contributed by atoms with Crippen molar-refractivity contribution in [2.24, 2.45) is 0 Å². The smallest absolute Gasteiger partial charge is 0.147 e. The summed E-state index contributed by atoms with van der Waals surface area (Å²) in [5.41, 5.74) is 1.60. The van der Waals surface area contributed by atoms with Gasteiger partial charge in [0.25, 0.3) is 0 Å². The molecular weight excluding hydrogens is 232 g/mol. The topological polar surface area (TPSA) is 17.1 Å². The molecule has 0 aliphatic carbocycles. The monoisotopic (exact) mass is 252 g/mol. The Balaban J connectivity index is 2.54. The second-order valence-electron chi connectivity index (χ2n) is 5.03. The predicted octanol–water partition coefficient (Wildman–Crippen LogP) is 4.36. The predicted molar refractivity (Wildman–Crippen MR) is 79.3 cm³/mol. The largest absolute Gasteiger partial charge is 0.298 e. The van der Waals surface area contributed by atoms with Crippen LogP contribution < -0.4 is 0 Å². The van der Waals surface area contributed by atoms with Crippen LogP contribution in [0.3, 0.4) is 0 Å². The Labute approximate surface area is 115 Å². The van der Waals surface area contributed by atoms with Gasteiger partial charge in [-0.05, 0) is 24.5 Å². The quantitative estimate of drug-likeness (QED) is 0.772. The number of Topliss-reactive ketones (excluding diaryl/α,β-unsaturated/α-hetero) is 1. The third kappa shape index (κ3) is 2.60. The van der Waals surface area contributed by atoms with Crippen molar-refractivity contribution < 1.29 is 4.79 Å². The van der Waals surface area contributed by atoms with E-state index in [2.05, 4.69) is 0 Å². The lowest BCUT2D eigenvalue weighted by molar-refractivity contribution is -0.122. The Morgan fingerprint density at radius 1 is 0.895 bits per heavy atom. The summed E-state index contributed by atoms with van der Waals surface area (Å²) in [6, 6.07) is 20.1. The van der Waals surface area contributed by atoms with Crippen molar-refractivity contribution in [3.63, 3.8) is 0 Å². The first-order valence-corrected chi connectivity index (χ1v) is 6.84. The fourth-order valence-electron chi connectivity index (χ4n) is 2.51. The highest BCUT2D eigenvalue weighted by Gasteiger charge is 2.35. The first-order valence-electron chi connectivity index (χ1n) is 6.84.